The van der Waals surface area contributed by atoms with Crippen molar-refractivity contribution in [3.05, 3.63) is 83.6 Å². The summed E-state index contributed by atoms with van der Waals surface area (Å²) in [6.45, 7) is 8.62. The molecule has 8 heteroatoms. The summed E-state index contributed by atoms with van der Waals surface area (Å²) in [7, 11) is 0. The van der Waals surface area contributed by atoms with E-state index >= 15 is 0 Å². The first-order chi connectivity index (χ1) is 18.9. The Hall–Kier alpha value is -4.64. The molecule has 2 aliphatic heterocycles. The lowest BCUT2D eigenvalue weighted by molar-refractivity contribution is -0.130. The molecule has 2 N–H and O–H groups in total. The third-order valence-corrected chi connectivity index (χ3v) is 7.59. The number of imidazole rings is 2. The fourth-order valence-electron chi connectivity index (χ4n) is 5.60. The number of carbonyl (C=O) groups excluding carboxylic acids is 2. The number of H-pyrrole nitrogens is 2. The first-order valence-corrected chi connectivity index (χ1v) is 13.2. The van der Waals surface area contributed by atoms with Gasteiger partial charge in [0.05, 0.1) is 35.0 Å². The average Bonchev–Trinajstić information content (AvgIpc) is 3.72. The third kappa shape index (κ3) is 4.84. The van der Waals surface area contributed by atoms with Crippen LogP contribution in [0.4, 0.5) is 0 Å². The molecule has 2 aliphatic rings. The Morgan fingerprint density at radius 1 is 0.949 bits per heavy atom. The number of likely N-dealkylation sites (tertiary alicyclic amines) is 2. The van der Waals surface area contributed by atoms with Gasteiger partial charge in [-0.3, -0.25) is 9.59 Å². The van der Waals surface area contributed by atoms with Crippen LogP contribution in [0.5, 0.6) is 0 Å². The molecule has 4 heterocycles. The number of rotatable bonds is 3. The highest BCUT2D eigenvalue weighted by Gasteiger charge is 2.32. The second kappa shape index (κ2) is 9.91. The monoisotopic (exact) mass is 518 g/mol. The molecule has 39 heavy (non-hydrogen) atoms. The third-order valence-electron chi connectivity index (χ3n) is 7.59. The van der Waals surface area contributed by atoms with Crippen LogP contribution in [-0.2, 0) is 9.59 Å². The summed E-state index contributed by atoms with van der Waals surface area (Å²) in [5, 5.41) is 0. The number of aromatic amines is 2. The van der Waals surface area contributed by atoms with Gasteiger partial charge in [0.2, 0.25) is 11.8 Å². The average molecular weight is 519 g/mol. The van der Waals surface area contributed by atoms with E-state index in [2.05, 4.69) is 33.4 Å². The van der Waals surface area contributed by atoms with Crippen LogP contribution < -0.4 is 0 Å². The quantitative estimate of drug-likeness (QED) is 0.298. The number of nitrogens with one attached hydrogen (secondary N) is 2. The van der Waals surface area contributed by atoms with Crippen LogP contribution >= 0.6 is 0 Å². The largest absolute Gasteiger partial charge is 0.340 e. The van der Waals surface area contributed by atoms with Crippen molar-refractivity contribution in [3.8, 4) is 23.1 Å². The summed E-state index contributed by atoms with van der Waals surface area (Å²) in [6.07, 6.45) is 4.48. The number of hydrogen-bond donors (Lipinski definition) is 2. The second-order valence-electron chi connectivity index (χ2n) is 10.4. The van der Waals surface area contributed by atoms with E-state index < -0.39 is 0 Å². The van der Waals surface area contributed by atoms with Gasteiger partial charge in [0.15, 0.2) is 0 Å². The van der Waals surface area contributed by atoms with Crippen LogP contribution in [0.25, 0.3) is 22.3 Å². The number of aromatic nitrogens is 4. The molecule has 2 saturated heterocycles. The minimum atomic E-state index is -0.104. The number of hydrogen-bond acceptors (Lipinski definition) is 4. The molecule has 196 valence electrons. The minimum Gasteiger partial charge on any atom is -0.340 e. The molecule has 0 radical (unpaired) electrons. The Morgan fingerprint density at radius 3 is 2.46 bits per heavy atom. The Labute approximate surface area is 227 Å². The smallest absolute Gasteiger partial charge is 0.220 e. The van der Waals surface area contributed by atoms with E-state index in [1.165, 1.54) is 0 Å². The summed E-state index contributed by atoms with van der Waals surface area (Å²) in [4.78, 5) is 43.8. The van der Waals surface area contributed by atoms with E-state index in [1.807, 2.05) is 58.5 Å². The standard InChI is InChI=1S/C31H30N6O2/c1-19-15-29(37(18-19)21(3)39)31-33-25-13-10-23(16-26(25)34-31)7-6-22-8-11-24(12-9-22)27-17-32-30(35-27)28-5-4-14-36(28)20(2)38/h8-13,16-17,28-29H,1,4-5,14-15,18H2,2-3H3,(H,32,35)(H,33,34)/t28-,29-/m0/s1. The van der Waals surface area contributed by atoms with Crippen molar-refractivity contribution in [1.29, 1.82) is 0 Å². The summed E-state index contributed by atoms with van der Waals surface area (Å²) in [5.41, 5.74) is 6.52. The predicted molar refractivity (Wildman–Crippen MR) is 149 cm³/mol. The Kier molecular flexibility index (Phi) is 6.27. The molecule has 0 unspecified atom stereocenters. The second-order valence-corrected chi connectivity index (χ2v) is 10.4. The molecule has 2 atom stereocenters. The van der Waals surface area contributed by atoms with Crippen LogP contribution in [-0.4, -0.2) is 54.6 Å². The van der Waals surface area contributed by atoms with Gasteiger partial charge < -0.3 is 19.8 Å². The number of carbonyl (C=O) groups is 2. The molecule has 0 saturated carbocycles. The fourth-order valence-corrected chi connectivity index (χ4v) is 5.60. The summed E-state index contributed by atoms with van der Waals surface area (Å²) in [6, 6.07) is 13.9. The first kappa shape index (κ1) is 24.7. The van der Waals surface area contributed by atoms with Gasteiger partial charge in [-0.1, -0.05) is 36.1 Å². The van der Waals surface area contributed by atoms with Crippen LogP contribution in [0.2, 0.25) is 0 Å². The maximum Gasteiger partial charge on any atom is 0.220 e. The van der Waals surface area contributed by atoms with Gasteiger partial charge in [-0.05, 0) is 55.2 Å². The lowest BCUT2D eigenvalue weighted by Crippen LogP contribution is -2.28. The summed E-state index contributed by atoms with van der Waals surface area (Å²) < 4.78 is 0. The van der Waals surface area contributed by atoms with Crippen molar-refractivity contribution in [2.24, 2.45) is 0 Å². The van der Waals surface area contributed by atoms with Gasteiger partial charge in [0.25, 0.3) is 0 Å². The molecule has 8 nitrogen and oxygen atoms in total. The molecule has 2 fully saturated rings. The normalized spacial score (nSPS) is 19.0. The molecule has 2 aromatic carbocycles. The highest BCUT2D eigenvalue weighted by atomic mass is 16.2. The summed E-state index contributed by atoms with van der Waals surface area (Å²) >= 11 is 0. The van der Waals surface area contributed by atoms with E-state index in [4.69, 9.17) is 4.98 Å². The van der Waals surface area contributed by atoms with E-state index in [9.17, 15) is 9.59 Å². The maximum atomic E-state index is 12.1. The molecule has 2 amide bonds. The maximum absolute atomic E-state index is 12.1. The van der Waals surface area contributed by atoms with Gasteiger partial charge in [-0.2, -0.15) is 0 Å². The molecule has 0 aliphatic carbocycles. The topological polar surface area (TPSA) is 98.0 Å². The zero-order valence-electron chi connectivity index (χ0n) is 22.1. The zero-order valence-corrected chi connectivity index (χ0v) is 22.1. The minimum absolute atomic E-state index is 0.0235. The van der Waals surface area contributed by atoms with Crippen LogP contribution in [0.1, 0.15) is 68.0 Å². The number of benzene rings is 2. The van der Waals surface area contributed by atoms with Gasteiger partial charge in [-0.25, -0.2) is 9.97 Å². The Balaban J connectivity index is 1.17. The van der Waals surface area contributed by atoms with Crippen LogP contribution in [0.15, 0.2) is 60.8 Å². The van der Waals surface area contributed by atoms with Gasteiger partial charge in [0, 0.05) is 38.1 Å². The highest BCUT2D eigenvalue weighted by molar-refractivity contribution is 5.78. The van der Waals surface area contributed by atoms with Crippen molar-refractivity contribution in [2.75, 3.05) is 13.1 Å². The Bertz CT molecular complexity index is 1650. The van der Waals surface area contributed by atoms with Crippen molar-refractivity contribution >= 4 is 22.8 Å². The molecule has 2 aromatic heterocycles. The van der Waals surface area contributed by atoms with Crippen molar-refractivity contribution in [3.63, 3.8) is 0 Å². The van der Waals surface area contributed by atoms with Gasteiger partial charge in [-0.15, -0.1) is 0 Å². The molecule has 6 rings (SSSR count). The molecule has 0 bridgehead atoms. The first-order valence-electron chi connectivity index (χ1n) is 13.2. The van der Waals surface area contributed by atoms with Gasteiger partial charge in [0.1, 0.15) is 11.6 Å². The molecule has 0 spiro atoms. The van der Waals surface area contributed by atoms with Gasteiger partial charge >= 0.3 is 0 Å². The summed E-state index contributed by atoms with van der Waals surface area (Å²) in [5.74, 6) is 8.23. The number of nitrogens with zero attached hydrogens (tertiary/aromatic N) is 4. The fraction of sp³-hybridized carbons (Fsp3) is 0.290. The van der Waals surface area contributed by atoms with Crippen molar-refractivity contribution in [1.82, 2.24) is 29.7 Å². The highest BCUT2D eigenvalue weighted by Crippen LogP contribution is 2.34. The lowest BCUT2D eigenvalue weighted by Gasteiger charge is -2.21. The predicted octanol–water partition coefficient (Wildman–Crippen LogP) is 4.89. The van der Waals surface area contributed by atoms with E-state index in [0.29, 0.717) is 6.54 Å². The lowest BCUT2D eigenvalue weighted by atomic mass is 10.1. The number of fused-ring (bicyclic) bond motifs is 1. The Morgan fingerprint density at radius 2 is 1.69 bits per heavy atom. The molecular weight excluding hydrogens is 488 g/mol. The SMILES string of the molecule is C=C1C[C@@H](c2nc3ccc(C#Cc4ccc(-c5cnc([C@@H]6CCCN6C(C)=O)[nH]5)cc4)cc3[nH]2)N(C(C)=O)C1. The molecule has 4 aromatic rings. The van der Waals surface area contributed by atoms with Crippen molar-refractivity contribution in [2.45, 2.75) is 45.2 Å². The van der Waals surface area contributed by atoms with E-state index in [0.717, 1.165) is 76.4 Å². The zero-order chi connectivity index (χ0) is 27.1. The molecular formula is C31H30N6O2. The number of amides is 2. The van der Waals surface area contributed by atoms with Crippen molar-refractivity contribution < 1.29 is 9.59 Å². The van der Waals surface area contributed by atoms with Crippen LogP contribution in [0.3, 0.4) is 0 Å². The van der Waals surface area contributed by atoms with E-state index in [1.54, 1.807) is 13.8 Å². The van der Waals surface area contributed by atoms with Crippen LogP contribution in [0, 0.1) is 11.8 Å². The van der Waals surface area contributed by atoms with E-state index in [-0.39, 0.29) is 23.9 Å².